The molecule has 69 heavy (non-hydrogen) atoms. The molecule has 1 saturated heterocycles. The molecule has 0 unspecified atom stereocenters. The van der Waals surface area contributed by atoms with Crippen molar-refractivity contribution in [2.24, 2.45) is 0 Å². The standard InChI is InChI=1S/C51H50N12O6/c1-34-45(55-49(65)47-54-44(56-57-47)30-35-12-6-4-7-13-35)51(67)60(3)41-29-37(19-21-43(41)69-34)17-11-23-62-26-24-61(25-27-62)22-10-16-36-18-20-42-40(28-36)59(2)50(66)39(32-68-42)53-48(64)46-52-33-63(58-46)31-38-14-8-5-9-15-38/h4-9,12-15,18-21,28-29,33-34,39,45H,22-27,30-32H2,1-3H3,(H,53,64)(H,55,65)(H,54,56,57)/t34-,39+,45+/m1/s1. The summed E-state index contributed by atoms with van der Waals surface area (Å²) in [4.78, 5) is 69.5. The first-order valence-electron chi connectivity index (χ1n) is 22.6. The van der Waals surface area contributed by atoms with Gasteiger partial charge in [0.1, 0.15) is 48.4 Å². The molecule has 350 valence electrons. The Balaban J connectivity index is 0.731. The molecule has 3 atom stereocenters. The summed E-state index contributed by atoms with van der Waals surface area (Å²) in [6.45, 7) is 6.60. The molecular weight excluding hydrogens is 877 g/mol. The minimum atomic E-state index is -0.979. The average Bonchev–Trinajstić information content (AvgIpc) is 4.01. The van der Waals surface area contributed by atoms with Gasteiger partial charge in [0.25, 0.3) is 23.6 Å². The maximum Gasteiger partial charge on any atom is 0.291 e. The van der Waals surface area contributed by atoms with E-state index in [1.807, 2.05) is 84.9 Å². The molecule has 9 rings (SSSR count). The van der Waals surface area contributed by atoms with Crippen LogP contribution < -0.4 is 29.9 Å². The van der Waals surface area contributed by atoms with E-state index in [9.17, 15) is 19.2 Å². The first kappa shape index (κ1) is 45.8. The second kappa shape index (κ2) is 20.7. The average molecular weight is 927 g/mol. The zero-order valence-electron chi connectivity index (χ0n) is 38.4. The van der Waals surface area contributed by atoms with Gasteiger partial charge in [-0.05, 0) is 54.4 Å². The summed E-state index contributed by atoms with van der Waals surface area (Å²) >= 11 is 0. The molecule has 3 N–H and O–H groups in total. The van der Waals surface area contributed by atoms with Crippen LogP contribution in [0.2, 0.25) is 0 Å². The van der Waals surface area contributed by atoms with E-state index >= 15 is 0 Å². The number of hydrogen-bond donors (Lipinski definition) is 3. The molecular formula is C51H50N12O6. The largest absolute Gasteiger partial charge is 0.489 e. The van der Waals surface area contributed by atoms with Crippen molar-refractivity contribution in [1.82, 2.24) is 50.4 Å². The minimum absolute atomic E-state index is 0.0348. The number of carbonyl (C=O) groups is 4. The fourth-order valence-corrected chi connectivity index (χ4v) is 8.16. The number of aromatic nitrogens is 6. The van der Waals surface area contributed by atoms with Gasteiger partial charge in [0.05, 0.1) is 31.0 Å². The maximum atomic E-state index is 13.7. The Kier molecular flexibility index (Phi) is 13.7. The normalized spacial score (nSPS) is 18.2. The SMILES string of the molecule is C[C@H]1Oc2ccc(C#CCN3CCN(CC#Cc4ccc5c(c4)N(C)C(=O)[C@@H](NC(=O)c4ncn(Cc6ccccc6)n4)CO5)CC3)cc2N(C)C(=O)[C@H]1NC(=O)c1n[nH]c(Cc2ccccc2)n1. The van der Waals surface area contributed by atoms with Crippen LogP contribution in [0.25, 0.3) is 0 Å². The van der Waals surface area contributed by atoms with Crippen molar-refractivity contribution in [3.63, 3.8) is 0 Å². The van der Waals surface area contributed by atoms with E-state index in [0.29, 0.717) is 54.8 Å². The molecule has 3 aliphatic rings. The number of carbonyl (C=O) groups excluding carboxylic acids is 4. The van der Waals surface area contributed by atoms with Gasteiger partial charge in [0.2, 0.25) is 11.6 Å². The van der Waals surface area contributed by atoms with Gasteiger partial charge in [-0.2, -0.15) is 0 Å². The zero-order valence-corrected chi connectivity index (χ0v) is 38.4. The molecule has 4 aromatic carbocycles. The summed E-state index contributed by atoms with van der Waals surface area (Å²) in [5.41, 5.74) is 4.62. The lowest BCUT2D eigenvalue weighted by molar-refractivity contribution is -0.121. The van der Waals surface area contributed by atoms with E-state index in [1.54, 1.807) is 37.8 Å². The lowest BCUT2D eigenvalue weighted by Gasteiger charge is -2.32. The van der Waals surface area contributed by atoms with Crippen LogP contribution in [0.3, 0.4) is 0 Å². The number of amides is 4. The summed E-state index contributed by atoms with van der Waals surface area (Å²) in [5.74, 6) is 12.7. The molecule has 0 saturated carbocycles. The van der Waals surface area contributed by atoms with Gasteiger partial charge >= 0.3 is 0 Å². The molecule has 4 amide bonds. The highest BCUT2D eigenvalue weighted by atomic mass is 16.5. The van der Waals surface area contributed by atoms with Crippen LogP contribution in [0.5, 0.6) is 11.5 Å². The van der Waals surface area contributed by atoms with E-state index in [-0.39, 0.29) is 30.1 Å². The molecule has 0 radical (unpaired) electrons. The maximum absolute atomic E-state index is 13.7. The van der Waals surface area contributed by atoms with E-state index in [0.717, 1.165) is 48.4 Å². The highest BCUT2D eigenvalue weighted by Gasteiger charge is 2.37. The number of piperazine rings is 1. The Morgan fingerprint density at radius 3 is 2.00 bits per heavy atom. The van der Waals surface area contributed by atoms with Gasteiger partial charge in [-0.1, -0.05) is 84.3 Å². The van der Waals surface area contributed by atoms with Crippen molar-refractivity contribution < 1.29 is 28.7 Å². The van der Waals surface area contributed by atoms with E-state index in [4.69, 9.17) is 9.47 Å². The Hall–Kier alpha value is -8.32. The van der Waals surface area contributed by atoms with Gasteiger partial charge < -0.3 is 29.9 Å². The summed E-state index contributed by atoms with van der Waals surface area (Å²) in [7, 11) is 3.30. The smallest absolute Gasteiger partial charge is 0.291 e. The number of nitrogens with zero attached hydrogens (tertiary/aromatic N) is 9. The van der Waals surface area contributed by atoms with Gasteiger partial charge in [-0.15, -0.1) is 10.2 Å². The molecule has 18 heteroatoms. The van der Waals surface area contributed by atoms with Crippen LogP contribution in [0.1, 0.15) is 56.2 Å². The third-order valence-electron chi connectivity index (χ3n) is 12.1. The third-order valence-corrected chi connectivity index (χ3v) is 12.1. The highest BCUT2D eigenvalue weighted by Crippen LogP contribution is 2.34. The summed E-state index contributed by atoms with van der Waals surface area (Å²) < 4.78 is 13.8. The molecule has 1 fully saturated rings. The van der Waals surface area contributed by atoms with Crippen LogP contribution in [0, 0.1) is 23.7 Å². The second-order valence-electron chi connectivity index (χ2n) is 16.9. The number of fused-ring (bicyclic) bond motifs is 2. The quantitative estimate of drug-likeness (QED) is 0.170. The number of rotatable bonds is 10. The monoisotopic (exact) mass is 926 g/mol. The number of anilines is 2. The van der Waals surface area contributed by atoms with Crippen LogP contribution >= 0.6 is 0 Å². The lowest BCUT2D eigenvalue weighted by atomic mass is 10.1. The predicted octanol–water partition coefficient (Wildman–Crippen LogP) is 2.75. The first-order valence-corrected chi connectivity index (χ1v) is 22.6. The van der Waals surface area contributed by atoms with Crippen LogP contribution in [0.4, 0.5) is 11.4 Å². The van der Waals surface area contributed by atoms with Gasteiger partial charge in [-0.3, -0.25) is 34.1 Å². The minimum Gasteiger partial charge on any atom is -0.489 e. The van der Waals surface area contributed by atoms with Gasteiger partial charge in [0, 0.05) is 57.8 Å². The summed E-state index contributed by atoms with van der Waals surface area (Å²) in [5, 5.41) is 16.7. The predicted molar refractivity (Wildman–Crippen MR) is 256 cm³/mol. The molecule has 18 nitrogen and oxygen atoms in total. The number of likely N-dealkylation sites (N-methyl/N-ethyl adjacent to an activating group) is 2. The molecule has 0 bridgehead atoms. The number of nitrogens with one attached hydrogen (secondary N) is 3. The third kappa shape index (κ3) is 10.9. The van der Waals surface area contributed by atoms with E-state index in [1.165, 1.54) is 16.1 Å². The summed E-state index contributed by atoms with van der Waals surface area (Å²) in [6.07, 6.45) is 1.30. The molecule has 5 heterocycles. The van der Waals surface area contributed by atoms with Crippen molar-refractivity contribution >= 4 is 35.0 Å². The van der Waals surface area contributed by atoms with Crippen molar-refractivity contribution in [2.75, 3.05) is 69.8 Å². The van der Waals surface area contributed by atoms with Crippen molar-refractivity contribution in [3.05, 3.63) is 143 Å². The van der Waals surface area contributed by atoms with Gasteiger partial charge in [0.15, 0.2) is 0 Å². The highest BCUT2D eigenvalue weighted by molar-refractivity contribution is 6.03. The Labute approximate surface area is 399 Å². The van der Waals surface area contributed by atoms with E-state index < -0.39 is 30.0 Å². The molecule has 2 aromatic heterocycles. The Bertz CT molecular complexity index is 2980. The van der Waals surface area contributed by atoms with Gasteiger partial charge in [-0.25, -0.2) is 14.6 Å². The Morgan fingerprint density at radius 2 is 1.33 bits per heavy atom. The number of aromatic amines is 1. The number of H-pyrrole nitrogens is 1. The zero-order chi connectivity index (χ0) is 47.9. The van der Waals surface area contributed by atoms with Crippen molar-refractivity contribution in [1.29, 1.82) is 0 Å². The number of ether oxygens (including phenoxy) is 2. The van der Waals surface area contributed by atoms with Crippen molar-refractivity contribution in [2.45, 2.75) is 38.1 Å². The van der Waals surface area contributed by atoms with E-state index in [2.05, 4.69) is 69.4 Å². The lowest BCUT2D eigenvalue weighted by Crippen LogP contribution is -2.53. The molecule has 6 aromatic rings. The Morgan fingerprint density at radius 1 is 0.739 bits per heavy atom. The van der Waals surface area contributed by atoms with Crippen LogP contribution in [-0.4, -0.2) is 142 Å². The fraction of sp³-hybridized carbons (Fsp3) is 0.294. The first-order chi connectivity index (χ1) is 33.5. The van der Waals surface area contributed by atoms with Crippen LogP contribution in [-0.2, 0) is 22.6 Å². The van der Waals surface area contributed by atoms with Crippen molar-refractivity contribution in [3.8, 4) is 35.2 Å². The second-order valence-corrected chi connectivity index (χ2v) is 16.9. The molecule has 0 aliphatic carbocycles. The topological polar surface area (TPSA) is 196 Å². The van der Waals surface area contributed by atoms with Crippen LogP contribution in [0.15, 0.2) is 103 Å². The fourth-order valence-electron chi connectivity index (χ4n) is 8.16. The number of hydrogen-bond acceptors (Lipinski definition) is 12. The molecule has 3 aliphatic heterocycles. The summed E-state index contributed by atoms with van der Waals surface area (Å²) in [6, 6.07) is 28.5. The molecule has 0 spiro atoms. The number of benzene rings is 4.